The Bertz CT molecular complexity index is 487. The van der Waals surface area contributed by atoms with Gasteiger partial charge in [-0.2, -0.15) is 0 Å². The first kappa shape index (κ1) is 12.2. The van der Waals surface area contributed by atoms with Crippen molar-refractivity contribution in [2.75, 3.05) is 30.3 Å². The third-order valence-electron chi connectivity index (χ3n) is 3.95. The van der Waals surface area contributed by atoms with Crippen molar-refractivity contribution in [2.45, 2.75) is 25.3 Å². The molecule has 2 saturated heterocycles. The van der Waals surface area contributed by atoms with Crippen LogP contribution >= 0.6 is 0 Å². The average molecular weight is 264 g/mol. The lowest BCUT2D eigenvalue weighted by atomic mass is 9.98. The molecule has 2 N–H and O–H groups in total. The summed E-state index contributed by atoms with van der Waals surface area (Å²) in [5.74, 6) is -0.172. The molecule has 2 fully saturated rings. The van der Waals surface area contributed by atoms with Crippen LogP contribution in [0.3, 0.4) is 0 Å². The largest absolute Gasteiger partial charge is 0.396 e. The molecule has 0 spiro atoms. The SMILES string of the molecule is Nc1cncc(F)c1N1CCN2C(=O)CCCC2C1. The first-order chi connectivity index (χ1) is 9.16. The van der Waals surface area contributed by atoms with Gasteiger partial charge in [-0.3, -0.25) is 9.78 Å². The molecule has 0 bridgehead atoms. The number of halogens is 1. The number of nitrogens with zero attached hydrogens (tertiary/aromatic N) is 3. The van der Waals surface area contributed by atoms with Gasteiger partial charge in [-0.15, -0.1) is 0 Å². The Labute approximate surface area is 111 Å². The molecule has 3 heterocycles. The van der Waals surface area contributed by atoms with Crippen molar-refractivity contribution >= 4 is 17.3 Å². The van der Waals surface area contributed by atoms with Crippen molar-refractivity contribution in [3.63, 3.8) is 0 Å². The van der Waals surface area contributed by atoms with Crippen LogP contribution in [-0.4, -0.2) is 41.5 Å². The van der Waals surface area contributed by atoms with Crippen LogP contribution in [0.15, 0.2) is 12.4 Å². The molecule has 2 aliphatic heterocycles. The Balaban J connectivity index is 1.83. The number of amides is 1. The number of hydrogen-bond donors (Lipinski definition) is 1. The van der Waals surface area contributed by atoms with E-state index in [0.29, 0.717) is 37.4 Å². The highest BCUT2D eigenvalue weighted by atomic mass is 19.1. The Morgan fingerprint density at radius 1 is 1.37 bits per heavy atom. The normalized spacial score (nSPS) is 23.4. The van der Waals surface area contributed by atoms with Crippen molar-refractivity contribution in [2.24, 2.45) is 0 Å². The van der Waals surface area contributed by atoms with Crippen LogP contribution < -0.4 is 10.6 Å². The first-order valence-corrected chi connectivity index (χ1v) is 6.60. The molecule has 1 aromatic heterocycles. The van der Waals surface area contributed by atoms with E-state index in [4.69, 9.17) is 5.73 Å². The summed E-state index contributed by atoms with van der Waals surface area (Å²) in [6.45, 7) is 1.91. The number of pyridine rings is 1. The van der Waals surface area contributed by atoms with Gasteiger partial charge in [0.15, 0.2) is 5.82 Å². The highest BCUT2D eigenvalue weighted by molar-refractivity contribution is 5.78. The summed E-state index contributed by atoms with van der Waals surface area (Å²) in [6.07, 6.45) is 5.19. The van der Waals surface area contributed by atoms with Crippen LogP contribution in [0.25, 0.3) is 0 Å². The molecule has 1 aromatic rings. The lowest BCUT2D eigenvalue weighted by molar-refractivity contribution is -0.136. The van der Waals surface area contributed by atoms with E-state index in [2.05, 4.69) is 4.98 Å². The zero-order valence-corrected chi connectivity index (χ0v) is 10.7. The van der Waals surface area contributed by atoms with Crippen LogP contribution in [0.4, 0.5) is 15.8 Å². The number of rotatable bonds is 1. The number of carbonyl (C=O) groups is 1. The van der Waals surface area contributed by atoms with E-state index in [-0.39, 0.29) is 11.9 Å². The number of piperazine rings is 1. The fourth-order valence-corrected chi connectivity index (χ4v) is 3.04. The quantitative estimate of drug-likeness (QED) is 0.822. The molecule has 2 aliphatic rings. The van der Waals surface area contributed by atoms with Crippen molar-refractivity contribution < 1.29 is 9.18 Å². The summed E-state index contributed by atoms with van der Waals surface area (Å²) < 4.78 is 13.9. The van der Waals surface area contributed by atoms with Gasteiger partial charge >= 0.3 is 0 Å². The van der Waals surface area contributed by atoms with Gasteiger partial charge in [-0.05, 0) is 12.8 Å². The van der Waals surface area contributed by atoms with Gasteiger partial charge in [-0.1, -0.05) is 0 Å². The maximum atomic E-state index is 13.9. The Kier molecular flexibility index (Phi) is 3.00. The molecular weight excluding hydrogens is 247 g/mol. The first-order valence-electron chi connectivity index (χ1n) is 6.60. The van der Waals surface area contributed by atoms with Crippen molar-refractivity contribution in [3.05, 3.63) is 18.2 Å². The van der Waals surface area contributed by atoms with Crippen molar-refractivity contribution in [1.82, 2.24) is 9.88 Å². The summed E-state index contributed by atoms with van der Waals surface area (Å²) in [7, 11) is 0. The van der Waals surface area contributed by atoms with Gasteiger partial charge < -0.3 is 15.5 Å². The van der Waals surface area contributed by atoms with E-state index in [1.54, 1.807) is 0 Å². The van der Waals surface area contributed by atoms with Crippen LogP contribution in [-0.2, 0) is 4.79 Å². The number of fused-ring (bicyclic) bond motifs is 1. The molecular formula is C13H17FN4O. The number of nitrogen functional groups attached to an aromatic ring is 1. The van der Waals surface area contributed by atoms with Gasteiger partial charge in [0.1, 0.15) is 0 Å². The van der Waals surface area contributed by atoms with Crippen LogP contribution in [0.2, 0.25) is 0 Å². The van der Waals surface area contributed by atoms with Crippen molar-refractivity contribution in [3.8, 4) is 0 Å². The van der Waals surface area contributed by atoms with Crippen LogP contribution in [0.1, 0.15) is 19.3 Å². The minimum absolute atomic E-state index is 0.182. The highest BCUT2D eigenvalue weighted by Gasteiger charge is 2.34. The minimum atomic E-state index is -0.393. The van der Waals surface area contributed by atoms with Crippen LogP contribution in [0, 0.1) is 5.82 Å². The zero-order valence-electron chi connectivity index (χ0n) is 10.7. The van der Waals surface area contributed by atoms with E-state index in [1.165, 1.54) is 12.4 Å². The fourth-order valence-electron chi connectivity index (χ4n) is 3.04. The monoisotopic (exact) mass is 264 g/mol. The summed E-state index contributed by atoms with van der Waals surface area (Å²) in [5.41, 5.74) is 6.60. The van der Waals surface area contributed by atoms with E-state index < -0.39 is 5.82 Å². The Morgan fingerprint density at radius 2 is 2.21 bits per heavy atom. The minimum Gasteiger partial charge on any atom is -0.396 e. The van der Waals surface area contributed by atoms with Gasteiger partial charge in [-0.25, -0.2) is 4.39 Å². The van der Waals surface area contributed by atoms with Gasteiger partial charge in [0, 0.05) is 32.1 Å². The van der Waals surface area contributed by atoms with E-state index in [1.807, 2.05) is 9.80 Å². The predicted molar refractivity (Wildman–Crippen MR) is 70.2 cm³/mol. The van der Waals surface area contributed by atoms with Crippen molar-refractivity contribution in [1.29, 1.82) is 0 Å². The lowest BCUT2D eigenvalue weighted by Crippen LogP contribution is -2.57. The zero-order chi connectivity index (χ0) is 13.4. The van der Waals surface area contributed by atoms with E-state index in [0.717, 1.165) is 12.8 Å². The standard InChI is InChI=1S/C13H17FN4O/c14-10-6-16-7-11(15)13(10)17-4-5-18-9(8-17)2-1-3-12(18)19/h6-7,9H,1-5,8,15H2. The Morgan fingerprint density at radius 3 is 3.00 bits per heavy atom. The molecule has 0 radical (unpaired) electrons. The number of aromatic nitrogens is 1. The van der Waals surface area contributed by atoms with Crippen LogP contribution in [0.5, 0.6) is 0 Å². The maximum absolute atomic E-state index is 13.9. The molecule has 1 atom stereocenters. The highest BCUT2D eigenvalue weighted by Crippen LogP contribution is 2.30. The fraction of sp³-hybridized carbons (Fsp3) is 0.538. The van der Waals surface area contributed by atoms with Gasteiger partial charge in [0.2, 0.25) is 5.91 Å². The molecule has 0 saturated carbocycles. The molecule has 0 aromatic carbocycles. The third kappa shape index (κ3) is 2.11. The molecule has 19 heavy (non-hydrogen) atoms. The van der Waals surface area contributed by atoms with E-state index >= 15 is 0 Å². The second-order valence-corrected chi connectivity index (χ2v) is 5.14. The third-order valence-corrected chi connectivity index (χ3v) is 3.95. The molecule has 6 heteroatoms. The molecule has 102 valence electrons. The predicted octanol–water partition coefficient (Wildman–Crippen LogP) is 1.00. The topological polar surface area (TPSA) is 62.5 Å². The molecule has 1 amide bonds. The number of carbonyl (C=O) groups excluding carboxylic acids is 1. The summed E-state index contributed by atoms with van der Waals surface area (Å²) in [4.78, 5) is 19.4. The van der Waals surface area contributed by atoms with E-state index in [9.17, 15) is 9.18 Å². The number of anilines is 2. The maximum Gasteiger partial charge on any atom is 0.222 e. The van der Waals surface area contributed by atoms with Gasteiger partial charge in [0.05, 0.1) is 23.8 Å². The summed E-state index contributed by atoms with van der Waals surface area (Å²) in [5, 5.41) is 0. The second-order valence-electron chi connectivity index (χ2n) is 5.14. The smallest absolute Gasteiger partial charge is 0.222 e. The lowest BCUT2D eigenvalue weighted by Gasteiger charge is -2.45. The second kappa shape index (κ2) is 4.68. The summed E-state index contributed by atoms with van der Waals surface area (Å²) >= 11 is 0. The molecule has 0 aliphatic carbocycles. The average Bonchev–Trinajstić information content (AvgIpc) is 2.39. The summed E-state index contributed by atoms with van der Waals surface area (Å²) in [6, 6.07) is 0.182. The molecule has 3 rings (SSSR count). The van der Waals surface area contributed by atoms with Gasteiger partial charge in [0.25, 0.3) is 0 Å². The Hall–Kier alpha value is -1.85. The number of nitrogens with two attached hydrogens (primary N) is 1. The number of piperidine rings is 1. The molecule has 5 nitrogen and oxygen atoms in total. The molecule has 1 unspecified atom stereocenters. The number of hydrogen-bond acceptors (Lipinski definition) is 4.